The first kappa shape index (κ1) is 15.3. The second-order valence-corrected chi connectivity index (χ2v) is 6.61. The predicted molar refractivity (Wildman–Crippen MR) is 92.4 cm³/mol. The Labute approximate surface area is 132 Å². The Balaban J connectivity index is 2.03. The van der Waals surface area contributed by atoms with Gasteiger partial charge in [0.15, 0.2) is 5.43 Å². The van der Waals surface area contributed by atoms with E-state index in [9.17, 15) is 4.79 Å². The van der Waals surface area contributed by atoms with E-state index >= 15 is 0 Å². The predicted octanol–water partition coefficient (Wildman–Crippen LogP) is 3.77. The van der Waals surface area contributed by atoms with Crippen LogP contribution in [0.3, 0.4) is 0 Å². The Kier molecular flexibility index (Phi) is 4.34. The molecule has 1 aliphatic rings. The van der Waals surface area contributed by atoms with Gasteiger partial charge in [0.05, 0.1) is 0 Å². The lowest BCUT2D eigenvalue weighted by Crippen LogP contribution is -2.38. The highest BCUT2D eigenvalue weighted by Crippen LogP contribution is 2.20. The van der Waals surface area contributed by atoms with Gasteiger partial charge in [-0.15, -0.1) is 0 Å². The number of likely N-dealkylation sites (tertiary alicyclic amines) is 1. The molecule has 0 amide bonds. The maximum absolute atomic E-state index is 13.0. The first-order valence-electron chi connectivity index (χ1n) is 8.48. The van der Waals surface area contributed by atoms with Crippen molar-refractivity contribution in [1.82, 2.24) is 9.88 Å². The van der Waals surface area contributed by atoms with Gasteiger partial charge in [0.2, 0.25) is 0 Å². The minimum Gasteiger partial charge on any atom is -0.358 e. The number of hydrogen-bond donors (Lipinski definition) is 1. The Hall–Kier alpha value is -1.61. The van der Waals surface area contributed by atoms with Gasteiger partial charge in [-0.3, -0.25) is 9.69 Å². The number of benzene rings is 1. The molecule has 0 saturated carbocycles. The van der Waals surface area contributed by atoms with E-state index < -0.39 is 0 Å². The zero-order chi connectivity index (χ0) is 15.7. The number of H-pyrrole nitrogens is 1. The number of pyridine rings is 1. The van der Waals surface area contributed by atoms with E-state index in [1.807, 2.05) is 13.0 Å². The number of nitrogens with zero attached hydrogens (tertiary/aromatic N) is 1. The summed E-state index contributed by atoms with van der Waals surface area (Å²) < 4.78 is 0. The summed E-state index contributed by atoms with van der Waals surface area (Å²) in [5, 5.41) is 0.838. The Morgan fingerprint density at radius 2 is 2.14 bits per heavy atom. The van der Waals surface area contributed by atoms with Gasteiger partial charge in [-0.2, -0.15) is 0 Å². The molecule has 2 aromatic rings. The molecule has 1 aliphatic heterocycles. The number of nitrogens with one attached hydrogen (secondary N) is 1. The first-order valence-corrected chi connectivity index (χ1v) is 8.48. The summed E-state index contributed by atoms with van der Waals surface area (Å²) in [5.41, 5.74) is 4.34. The van der Waals surface area contributed by atoms with E-state index in [2.05, 4.69) is 35.9 Å². The minimum atomic E-state index is 0.208. The molecule has 0 radical (unpaired) electrons. The van der Waals surface area contributed by atoms with E-state index in [0.717, 1.165) is 41.7 Å². The summed E-state index contributed by atoms with van der Waals surface area (Å²) in [5.74, 6) is 0. The monoisotopic (exact) mass is 298 g/mol. The summed E-state index contributed by atoms with van der Waals surface area (Å²) in [7, 11) is 0. The molecule has 3 heteroatoms. The average Bonchev–Trinajstić information content (AvgIpc) is 2.53. The van der Waals surface area contributed by atoms with Crippen molar-refractivity contribution in [2.24, 2.45) is 0 Å². The number of aromatic amines is 1. The maximum atomic E-state index is 13.0. The van der Waals surface area contributed by atoms with Gasteiger partial charge in [-0.1, -0.05) is 19.4 Å². The fraction of sp³-hybridized carbons (Fsp3) is 0.526. The van der Waals surface area contributed by atoms with E-state index in [1.165, 1.54) is 24.8 Å². The fourth-order valence-corrected chi connectivity index (χ4v) is 3.50. The van der Waals surface area contributed by atoms with E-state index in [0.29, 0.717) is 6.04 Å². The lowest BCUT2D eigenvalue weighted by atomic mass is 10.0. The van der Waals surface area contributed by atoms with Crippen molar-refractivity contribution in [2.45, 2.75) is 59.0 Å². The van der Waals surface area contributed by atoms with Crippen molar-refractivity contribution in [1.29, 1.82) is 0 Å². The largest absolute Gasteiger partial charge is 0.358 e. The Morgan fingerprint density at radius 1 is 1.32 bits per heavy atom. The van der Waals surface area contributed by atoms with Crippen molar-refractivity contribution in [3.8, 4) is 0 Å². The third kappa shape index (κ3) is 2.82. The zero-order valence-corrected chi connectivity index (χ0v) is 13.9. The van der Waals surface area contributed by atoms with Crippen molar-refractivity contribution >= 4 is 10.9 Å². The number of fused-ring (bicyclic) bond motifs is 1. The minimum absolute atomic E-state index is 0.208. The van der Waals surface area contributed by atoms with E-state index in [4.69, 9.17) is 0 Å². The molecule has 3 nitrogen and oxygen atoms in total. The van der Waals surface area contributed by atoms with Gasteiger partial charge >= 0.3 is 0 Å². The Bertz CT molecular complexity index is 732. The average molecular weight is 298 g/mol. The van der Waals surface area contributed by atoms with Gasteiger partial charge in [0.25, 0.3) is 0 Å². The van der Waals surface area contributed by atoms with Crippen LogP contribution >= 0.6 is 0 Å². The van der Waals surface area contributed by atoms with Gasteiger partial charge in [-0.25, -0.2) is 0 Å². The second kappa shape index (κ2) is 6.25. The van der Waals surface area contributed by atoms with Crippen LogP contribution in [0.1, 0.15) is 49.9 Å². The van der Waals surface area contributed by atoms with Crippen LogP contribution in [0.25, 0.3) is 10.9 Å². The molecule has 1 aromatic heterocycles. The van der Waals surface area contributed by atoms with Crippen molar-refractivity contribution in [3.05, 3.63) is 45.2 Å². The highest BCUT2D eigenvalue weighted by Gasteiger charge is 2.20. The number of aromatic nitrogens is 1. The fourth-order valence-electron chi connectivity index (χ4n) is 3.50. The molecule has 22 heavy (non-hydrogen) atoms. The summed E-state index contributed by atoms with van der Waals surface area (Å²) >= 11 is 0. The molecule has 1 atom stereocenters. The van der Waals surface area contributed by atoms with Crippen molar-refractivity contribution < 1.29 is 0 Å². The number of rotatable bonds is 3. The third-order valence-electron chi connectivity index (χ3n) is 5.09. The highest BCUT2D eigenvalue weighted by molar-refractivity contribution is 5.80. The molecule has 3 rings (SSSR count). The standard InChI is InChI=1S/C19H26N2O/c1-4-15-8-9-18-16(11-15)19(22)17(14(3)20-18)12-21-10-6-5-7-13(21)2/h8-9,11,13H,4-7,10,12H2,1-3H3,(H,20,22)/t13-/m1/s1. The molecular weight excluding hydrogens is 272 g/mol. The van der Waals surface area contributed by atoms with Crippen LogP contribution in [0.15, 0.2) is 23.0 Å². The normalized spacial score (nSPS) is 19.7. The van der Waals surface area contributed by atoms with Crippen LogP contribution in [0, 0.1) is 6.92 Å². The second-order valence-electron chi connectivity index (χ2n) is 6.61. The van der Waals surface area contributed by atoms with Crippen LogP contribution < -0.4 is 5.43 Å². The van der Waals surface area contributed by atoms with Crippen molar-refractivity contribution in [2.75, 3.05) is 6.54 Å². The van der Waals surface area contributed by atoms with Crippen LogP contribution in [-0.2, 0) is 13.0 Å². The van der Waals surface area contributed by atoms with Gasteiger partial charge < -0.3 is 4.98 Å². The molecular formula is C19H26N2O. The quantitative estimate of drug-likeness (QED) is 0.936. The molecule has 0 bridgehead atoms. The number of piperidine rings is 1. The van der Waals surface area contributed by atoms with Gasteiger partial charge in [0, 0.05) is 34.7 Å². The van der Waals surface area contributed by atoms with Crippen LogP contribution in [0.4, 0.5) is 0 Å². The van der Waals surface area contributed by atoms with E-state index in [-0.39, 0.29) is 5.43 Å². The molecule has 1 aromatic carbocycles. The molecule has 1 N–H and O–H groups in total. The van der Waals surface area contributed by atoms with Crippen LogP contribution in [-0.4, -0.2) is 22.5 Å². The Morgan fingerprint density at radius 3 is 2.86 bits per heavy atom. The molecule has 118 valence electrons. The summed E-state index contributed by atoms with van der Waals surface area (Å²) in [6.07, 6.45) is 4.76. The summed E-state index contributed by atoms with van der Waals surface area (Å²) in [6.45, 7) is 8.30. The SMILES string of the molecule is CCc1ccc2[nH]c(C)c(CN3CCCC[C@H]3C)c(=O)c2c1. The topological polar surface area (TPSA) is 36.1 Å². The zero-order valence-electron chi connectivity index (χ0n) is 13.9. The highest BCUT2D eigenvalue weighted by atomic mass is 16.1. The number of hydrogen-bond acceptors (Lipinski definition) is 2. The lowest BCUT2D eigenvalue weighted by molar-refractivity contribution is 0.152. The molecule has 0 unspecified atom stereocenters. The summed E-state index contributed by atoms with van der Waals surface area (Å²) in [6, 6.07) is 6.77. The van der Waals surface area contributed by atoms with Crippen LogP contribution in [0.5, 0.6) is 0 Å². The third-order valence-corrected chi connectivity index (χ3v) is 5.09. The molecule has 1 saturated heterocycles. The van der Waals surface area contributed by atoms with Crippen LogP contribution in [0.2, 0.25) is 0 Å². The number of aryl methyl sites for hydroxylation is 2. The van der Waals surface area contributed by atoms with Gasteiger partial charge in [0.1, 0.15) is 0 Å². The molecule has 0 spiro atoms. The lowest BCUT2D eigenvalue weighted by Gasteiger charge is -2.33. The molecule has 2 heterocycles. The van der Waals surface area contributed by atoms with Crippen molar-refractivity contribution in [3.63, 3.8) is 0 Å². The summed E-state index contributed by atoms with van der Waals surface area (Å²) in [4.78, 5) is 18.8. The first-order chi connectivity index (χ1) is 10.6. The molecule has 1 fully saturated rings. The maximum Gasteiger partial charge on any atom is 0.194 e. The smallest absolute Gasteiger partial charge is 0.194 e. The molecule has 0 aliphatic carbocycles. The van der Waals surface area contributed by atoms with Gasteiger partial charge in [-0.05, 0) is 57.4 Å². The van der Waals surface area contributed by atoms with E-state index in [1.54, 1.807) is 0 Å².